The minimum Gasteiger partial charge on any atom is -0.487 e. The van der Waals surface area contributed by atoms with Gasteiger partial charge in [0.1, 0.15) is 12.4 Å². The molecule has 0 radical (unpaired) electrons. The summed E-state index contributed by atoms with van der Waals surface area (Å²) in [5.41, 5.74) is 5.27. The van der Waals surface area contributed by atoms with Gasteiger partial charge in [-0.25, -0.2) is 0 Å². The average Bonchev–Trinajstić information content (AvgIpc) is 3.15. The number of rotatable bonds is 8. The highest BCUT2D eigenvalue weighted by molar-refractivity contribution is 6.04. The van der Waals surface area contributed by atoms with E-state index in [2.05, 4.69) is 20.7 Å². The monoisotopic (exact) mass is 469 g/mol. The molecule has 2 aromatic carbocycles. The molecule has 0 aliphatic carbocycles. The van der Waals surface area contributed by atoms with Crippen molar-refractivity contribution in [2.24, 2.45) is 0 Å². The summed E-state index contributed by atoms with van der Waals surface area (Å²) in [6, 6.07) is 18.4. The summed E-state index contributed by atoms with van der Waals surface area (Å²) in [4.78, 5) is 28.9. The van der Waals surface area contributed by atoms with Gasteiger partial charge in [0.2, 0.25) is 0 Å². The van der Waals surface area contributed by atoms with Crippen molar-refractivity contribution in [1.82, 2.24) is 20.1 Å². The number of nitrogens with one attached hydrogen (secondary N) is 2. The normalized spacial score (nSPS) is 10.6. The van der Waals surface area contributed by atoms with E-state index in [0.717, 1.165) is 22.5 Å². The molecule has 4 rings (SSSR count). The number of aromatic nitrogens is 3. The first-order chi connectivity index (χ1) is 16.9. The van der Waals surface area contributed by atoms with Crippen molar-refractivity contribution in [3.05, 3.63) is 107 Å². The molecule has 2 amide bonds. The van der Waals surface area contributed by atoms with Gasteiger partial charge in [-0.1, -0.05) is 24.3 Å². The van der Waals surface area contributed by atoms with Crippen molar-refractivity contribution in [2.75, 3.05) is 12.4 Å². The second-order valence-electron chi connectivity index (χ2n) is 8.11. The predicted octanol–water partition coefficient (Wildman–Crippen LogP) is 4.13. The minimum atomic E-state index is -0.211. The van der Waals surface area contributed by atoms with Crippen molar-refractivity contribution >= 4 is 17.5 Å². The summed E-state index contributed by atoms with van der Waals surface area (Å²) in [6.45, 7) is 4.65. The third-order valence-electron chi connectivity index (χ3n) is 5.62. The van der Waals surface area contributed by atoms with E-state index in [1.165, 1.54) is 0 Å². The molecule has 0 saturated carbocycles. The van der Waals surface area contributed by atoms with Crippen LogP contribution in [0.25, 0.3) is 0 Å². The van der Waals surface area contributed by atoms with Crippen molar-refractivity contribution in [2.45, 2.75) is 27.0 Å². The summed E-state index contributed by atoms with van der Waals surface area (Å²) in [7, 11) is 1.61. The fourth-order valence-electron chi connectivity index (χ4n) is 3.70. The largest absolute Gasteiger partial charge is 0.487 e. The Morgan fingerprint density at radius 3 is 2.46 bits per heavy atom. The molecule has 2 heterocycles. The average molecular weight is 470 g/mol. The van der Waals surface area contributed by atoms with Crippen LogP contribution >= 0.6 is 0 Å². The van der Waals surface area contributed by atoms with Crippen LogP contribution in [0.3, 0.4) is 0 Å². The Morgan fingerprint density at radius 2 is 1.74 bits per heavy atom. The third kappa shape index (κ3) is 5.73. The van der Waals surface area contributed by atoms with Crippen molar-refractivity contribution in [1.29, 1.82) is 0 Å². The zero-order chi connectivity index (χ0) is 24.8. The molecule has 0 spiro atoms. The summed E-state index contributed by atoms with van der Waals surface area (Å²) >= 11 is 0. The molecule has 0 unspecified atom stereocenters. The van der Waals surface area contributed by atoms with Gasteiger partial charge in [0.05, 0.1) is 29.8 Å². The molecule has 0 aliphatic rings. The molecule has 0 bridgehead atoms. The molecular formula is C27H27N5O3. The minimum absolute atomic E-state index is 0.136. The van der Waals surface area contributed by atoms with E-state index < -0.39 is 0 Å². The molecule has 4 aromatic rings. The zero-order valence-electron chi connectivity index (χ0n) is 19.9. The number of carbonyl (C=O) groups is 2. The maximum Gasteiger partial charge on any atom is 0.255 e. The van der Waals surface area contributed by atoms with E-state index >= 15 is 0 Å². The number of carbonyl (C=O) groups excluding carboxylic acids is 2. The maximum absolute atomic E-state index is 12.9. The van der Waals surface area contributed by atoms with Crippen LogP contribution in [0.5, 0.6) is 5.75 Å². The van der Waals surface area contributed by atoms with E-state index in [4.69, 9.17) is 4.74 Å². The second kappa shape index (κ2) is 10.6. The van der Waals surface area contributed by atoms with Crippen LogP contribution in [0.4, 0.5) is 5.69 Å². The number of benzene rings is 2. The Hall–Kier alpha value is -4.46. The van der Waals surface area contributed by atoms with E-state index in [1.54, 1.807) is 37.6 Å². The van der Waals surface area contributed by atoms with Gasteiger partial charge in [-0.2, -0.15) is 5.10 Å². The molecule has 0 saturated heterocycles. The van der Waals surface area contributed by atoms with Crippen molar-refractivity contribution in [3.63, 3.8) is 0 Å². The summed E-state index contributed by atoms with van der Waals surface area (Å²) < 4.78 is 7.53. The van der Waals surface area contributed by atoms with Crippen LogP contribution in [0.1, 0.15) is 43.2 Å². The Labute approximate surface area is 204 Å². The van der Waals surface area contributed by atoms with Crippen LogP contribution in [0.15, 0.2) is 73.1 Å². The number of aryl methyl sites for hydroxylation is 1. The Balaban J connectivity index is 1.42. The van der Waals surface area contributed by atoms with E-state index in [9.17, 15) is 9.59 Å². The van der Waals surface area contributed by atoms with Crippen LogP contribution in [0.2, 0.25) is 0 Å². The van der Waals surface area contributed by atoms with Gasteiger partial charge in [0, 0.05) is 24.4 Å². The Kier molecular flexibility index (Phi) is 7.21. The highest BCUT2D eigenvalue weighted by Crippen LogP contribution is 2.22. The van der Waals surface area contributed by atoms with Crippen LogP contribution in [-0.4, -0.2) is 33.6 Å². The van der Waals surface area contributed by atoms with Crippen LogP contribution in [-0.2, 0) is 13.2 Å². The second-order valence-corrected chi connectivity index (χ2v) is 8.11. The lowest BCUT2D eigenvalue weighted by Gasteiger charge is -2.09. The zero-order valence-corrected chi connectivity index (χ0v) is 19.9. The molecule has 2 aromatic heterocycles. The summed E-state index contributed by atoms with van der Waals surface area (Å²) in [5.74, 6) is 0.345. The maximum atomic E-state index is 12.9. The molecule has 0 aliphatic heterocycles. The van der Waals surface area contributed by atoms with Gasteiger partial charge < -0.3 is 15.4 Å². The summed E-state index contributed by atoms with van der Waals surface area (Å²) in [5, 5.41) is 10.2. The third-order valence-corrected chi connectivity index (χ3v) is 5.62. The Morgan fingerprint density at radius 1 is 0.943 bits per heavy atom. The van der Waals surface area contributed by atoms with Crippen LogP contribution < -0.4 is 15.4 Å². The number of anilines is 1. The van der Waals surface area contributed by atoms with Crippen molar-refractivity contribution < 1.29 is 14.3 Å². The SMILES string of the molecule is CNC(=O)c1cccc(Cn2nc(C)c(NC(=O)c3ccc(COc4cccnc4)cc3)c2C)c1. The highest BCUT2D eigenvalue weighted by Gasteiger charge is 2.16. The Bertz CT molecular complexity index is 1330. The molecule has 2 N–H and O–H groups in total. The molecular weight excluding hydrogens is 442 g/mol. The first kappa shape index (κ1) is 23.7. The summed E-state index contributed by atoms with van der Waals surface area (Å²) in [6.07, 6.45) is 3.35. The number of amides is 2. The van der Waals surface area contributed by atoms with E-state index in [-0.39, 0.29) is 11.8 Å². The number of ether oxygens (including phenoxy) is 1. The molecule has 178 valence electrons. The lowest BCUT2D eigenvalue weighted by molar-refractivity contribution is 0.0962. The number of hydrogen-bond donors (Lipinski definition) is 2. The molecule has 0 fully saturated rings. The molecule has 0 atom stereocenters. The van der Waals surface area contributed by atoms with Crippen LogP contribution in [0, 0.1) is 13.8 Å². The predicted molar refractivity (Wildman–Crippen MR) is 134 cm³/mol. The molecule has 8 heteroatoms. The standard InChI is InChI=1S/C27H27N5O3/c1-18-25(19(2)32(31-18)16-21-6-4-7-23(14-21)26(33)28-3)30-27(34)22-11-9-20(10-12-22)17-35-24-8-5-13-29-15-24/h4-15H,16-17H2,1-3H3,(H,28,33)(H,30,34). The van der Waals surface area contributed by atoms with Gasteiger partial charge >= 0.3 is 0 Å². The topological polar surface area (TPSA) is 98.1 Å². The quantitative estimate of drug-likeness (QED) is 0.404. The van der Waals surface area contributed by atoms with Gasteiger partial charge in [0.25, 0.3) is 11.8 Å². The van der Waals surface area contributed by atoms with Crippen molar-refractivity contribution in [3.8, 4) is 5.75 Å². The first-order valence-corrected chi connectivity index (χ1v) is 11.2. The highest BCUT2D eigenvalue weighted by atomic mass is 16.5. The van der Waals surface area contributed by atoms with E-state index in [1.807, 2.05) is 61.0 Å². The van der Waals surface area contributed by atoms with Gasteiger partial charge in [-0.3, -0.25) is 19.3 Å². The van der Waals surface area contributed by atoms with Gasteiger partial charge in [-0.15, -0.1) is 0 Å². The number of pyridine rings is 1. The molecule has 8 nitrogen and oxygen atoms in total. The fourth-order valence-corrected chi connectivity index (χ4v) is 3.70. The first-order valence-electron chi connectivity index (χ1n) is 11.2. The smallest absolute Gasteiger partial charge is 0.255 e. The number of hydrogen-bond acceptors (Lipinski definition) is 5. The molecule has 35 heavy (non-hydrogen) atoms. The van der Waals surface area contributed by atoms with Gasteiger partial charge in [0.15, 0.2) is 0 Å². The van der Waals surface area contributed by atoms with Gasteiger partial charge in [-0.05, 0) is 61.4 Å². The van der Waals surface area contributed by atoms with E-state index in [0.29, 0.717) is 35.7 Å². The fraction of sp³-hybridized carbons (Fsp3) is 0.185. The number of nitrogens with zero attached hydrogens (tertiary/aromatic N) is 3. The lowest BCUT2D eigenvalue weighted by Crippen LogP contribution is -2.18. The lowest BCUT2D eigenvalue weighted by atomic mass is 10.1.